The molecule has 0 radical (unpaired) electrons. The van der Waals surface area contributed by atoms with Crippen molar-refractivity contribution < 1.29 is 0 Å². The lowest BCUT2D eigenvalue weighted by molar-refractivity contribution is 0.773. The summed E-state index contributed by atoms with van der Waals surface area (Å²) in [5, 5.41) is 3.12. The minimum Gasteiger partial charge on any atom is -0.314 e. The van der Waals surface area contributed by atoms with Crippen molar-refractivity contribution in [1.29, 1.82) is 0 Å². The zero-order valence-electron chi connectivity index (χ0n) is 11.0. The Balaban J connectivity index is 2.04. The first-order chi connectivity index (χ1) is 9.17. The number of rotatable bonds is 5. The van der Waals surface area contributed by atoms with E-state index in [0.717, 1.165) is 34.0 Å². The predicted molar refractivity (Wildman–Crippen MR) is 83.2 cm³/mol. The molecule has 0 atom stereocenters. The highest BCUT2D eigenvalue weighted by Crippen LogP contribution is 2.23. The molecule has 1 aromatic heterocycles. The molecule has 0 aliphatic carbocycles. The summed E-state index contributed by atoms with van der Waals surface area (Å²) in [6, 6.07) is 10.3. The Morgan fingerprint density at radius 2 is 1.95 bits per heavy atom. The van der Waals surface area contributed by atoms with Crippen LogP contribution in [0.3, 0.4) is 0 Å². The lowest BCUT2D eigenvalue weighted by Crippen LogP contribution is -2.09. The van der Waals surface area contributed by atoms with E-state index >= 15 is 0 Å². The highest BCUT2D eigenvalue weighted by molar-refractivity contribution is 9.10. The van der Waals surface area contributed by atoms with E-state index in [1.807, 2.05) is 32.2 Å². The van der Waals surface area contributed by atoms with Crippen LogP contribution in [0.25, 0.3) is 0 Å². The molecule has 0 amide bonds. The lowest BCUT2D eigenvalue weighted by atomic mass is 10.3. The van der Waals surface area contributed by atoms with Gasteiger partial charge in [0.2, 0.25) is 0 Å². The minimum atomic E-state index is 0.777. The summed E-state index contributed by atoms with van der Waals surface area (Å²) in [5.74, 6) is 1.68. The molecule has 100 valence electrons. The van der Waals surface area contributed by atoms with Crippen molar-refractivity contribution in [2.75, 3.05) is 7.05 Å². The summed E-state index contributed by atoms with van der Waals surface area (Å²) in [7, 11) is 1.92. The molecule has 0 fully saturated rings. The Kier molecular flexibility index (Phi) is 5.36. The molecule has 0 saturated heterocycles. The van der Waals surface area contributed by atoms with Crippen molar-refractivity contribution in [2.45, 2.75) is 24.1 Å². The molecule has 0 aliphatic rings. The number of aryl methyl sites for hydroxylation is 1. The molecular weight excluding hydrogens is 322 g/mol. The molecule has 0 bridgehead atoms. The number of hydrogen-bond donors (Lipinski definition) is 1. The second-order valence-electron chi connectivity index (χ2n) is 4.19. The Bertz CT molecular complexity index is 543. The van der Waals surface area contributed by atoms with E-state index in [2.05, 4.69) is 43.3 Å². The van der Waals surface area contributed by atoms with Gasteiger partial charge < -0.3 is 5.32 Å². The van der Waals surface area contributed by atoms with E-state index in [1.54, 1.807) is 11.8 Å². The monoisotopic (exact) mass is 337 g/mol. The average Bonchev–Trinajstić information content (AvgIpc) is 2.38. The van der Waals surface area contributed by atoms with Crippen molar-refractivity contribution in [3.63, 3.8) is 0 Å². The second kappa shape index (κ2) is 7.03. The molecule has 1 heterocycles. The van der Waals surface area contributed by atoms with Crippen LogP contribution in [0.5, 0.6) is 0 Å². The van der Waals surface area contributed by atoms with Crippen molar-refractivity contribution in [2.24, 2.45) is 0 Å². The number of aromatic nitrogens is 2. The molecule has 1 N–H and O–H groups in total. The number of halogens is 1. The van der Waals surface area contributed by atoms with Gasteiger partial charge >= 0.3 is 0 Å². The lowest BCUT2D eigenvalue weighted by Gasteiger charge is -2.06. The highest BCUT2D eigenvalue weighted by Gasteiger charge is 2.03. The second-order valence-corrected chi connectivity index (χ2v) is 6.15. The van der Waals surface area contributed by atoms with Crippen LogP contribution in [0.4, 0.5) is 0 Å². The fourth-order valence-corrected chi connectivity index (χ4v) is 2.73. The first kappa shape index (κ1) is 14.5. The Morgan fingerprint density at radius 1 is 1.21 bits per heavy atom. The summed E-state index contributed by atoms with van der Waals surface area (Å²) in [6.45, 7) is 2.79. The SMILES string of the molecule is CNCc1cc(C)nc(CSc2ccc(Br)cc2)n1. The maximum absolute atomic E-state index is 4.55. The molecule has 19 heavy (non-hydrogen) atoms. The molecule has 0 aliphatic heterocycles. The number of nitrogens with one attached hydrogen (secondary N) is 1. The standard InChI is InChI=1S/C14H16BrN3S/c1-10-7-12(8-16-2)18-14(17-10)9-19-13-5-3-11(15)4-6-13/h3-7,16H,8-9H2,1-2H3. The zero-order chi connectivity index (χ0) is 13.7. The van der Waals surface area contributed by atoms with Crippen LogP contribution in [0, 0.1) is 6.92 Å². The number of hydrogen-bond acceptors (Lipinski definition) is 4. The van der Waals surface area contributed by atoms with E-state index in [-0.39, 0.29) is 0 Å². The molecule has 2 rings (SSSR count). The van der Waals surface area contributed by atoms with E-state index in [0.29, 0.717) is 0 Å². The quantitative estimate of drug-likeness (QED) is 0.846. The highest BCUT2D eigenvalue weighted by atomic mass is 79.9. The first-order valence-corrected chi connectivity index (χ1v) is 7.81. The van der Waals surface area contributed by atoms with Crippen LogP contribution in [0.1, 0.15) is 17.2 Å². The molecule has 5 heteroatoms. The molecule has 0 spiro atoms. The van der Waals surface area contributed by atoms with Gasteiger partial charge in [-0.2, -0.15) is 0 Å². The van der Waals surface area contributed by atoms with Gasteiger partial charge in [-0.15, -0.1) is 11.8 Å². The normalized spacial score (nSPS) is 10.7. The fraction of sp³-hybridized carbons (Fsp3) is 0.286. The predicted octanol–water partition coefficient (Wildman–Crippen LogP) is 3.56. The van der Waals surface area contributed by atoms with Crippen LogP contribution >= 0.6 is 27.7 Å². The van der Waals surface area contributed by atoms with Gasteiger partial charge in [0.05, 0.1) is 11.4 Å². The molecule has 3 nitrogen and oxygen atoms in total. The maximum Gasteiger partial charge on any atom is 0.139 e. The van der Waals surface area contributed by atoms with Gasteiger partial charge in [0, 0.05) is 21.6 Å². The fourth-order valence-electron chi connectivity index (χ4n) is 1.71. The van der Waals surface area contributed by atoms with E-state index in [9.17, 15) is 0 Å². The van der Waals surface area contributed by atoms with E-state index in [4.69, 9.17) is 0 Å². The third-order valence-electron chi connectivity index (χ3n) is 2.49. The summed E-state index contributed by atoms with van der Waals surface area (Å²) in [5.41, 5.74) is 2.06. The molecule has 0 saturated carbocycles. The molecule has 0 unspecified atom stereocenters. The van der Waals surface area contributed by atoms with Crippen LogP contribution in [0.2, 0.25) is 0 Å². The third-order valence-corrected chi connectivity index (χ3v) is 4.03. The van der Waals surface area contributed by atoms with Gasteiger partial charge in [-0.3, -0.25) is 0 Å². The molecule has 1 aromatic carbocycles. The summed E-state index contributed by atoms with van der Waals surface area (Å²) in [6.07, 6.45) is 0. The Labute approximate surface area is 126 Å². The van der Waals surface area contributed by atoms with Gasteiger partial charge in [-0.1, -0.05) is 15.9 Å². The van der Waals surface area contributed by atoms with Crippen molar-refractivity contribution >= 4 is 27.7 Å². The largest absolute Gasteiger partial charge is 0.314 e. The van der Waals surface area contributed by atoms with Gasteiger partial charge in [0.25, 0.3) is 0 Å². The van der Waals surface area contributed by atoms with Crippen LogP contribution in [0.15, 0.2) is 39.7 Å². The van der Waals surface area contributed by atoms with Gasteiger partial charge in [-0.25, -0.2) is 9.97 Å². The maximum atomic E-state index is 4.55. The summed E-state index contributed by atoms with van der Waals surface area (Å²) >= 11 is 5.19. The topological polar surface area (TPSA) is 37.8 Å². The third kappa shape index (κ3) is 4.60. The number of nitrogens with zero attached hydrogens (tertiary/aromatic N) is 2. The van der Waals surface area contributed by atoms with Crippen molar-refractivity contribution in [1.82, 2.24) is 15.3 Å². The zero-order valence-corrected chi connectivity index (χ0v) is 13.4. The summed E-state index contributed by atoms with van der Waals surface area (Å²) < 4.78 is 1.10. The minimum absolute atomic E-state index is 0.777. The van der Waals surface area contributed by atoms with Crippen molar-refractivity contribution in [3.05, 3.63) is 52.0 Å². The van der Waals surface area contributed by atoms with E-state index in [1.165, 1.54) is 4.90 Å². The van der Waals surface area contributed by atoms with E-state index < -0.39 is 0 Å². The van der Waals surface area contributed by atoms with Crippen LogP contribution < -0.4 is 5.32 Å². The van der Waals surface area contributed by atoms with Crippen LogP contribution in [-0.4, -0.2) is 17.0 Å². The smallest absolute Gasteiger partial charge is 0.139 e. The Morgan fingerprint density at radius 3 is 2.63 bits per heavy atom. The molecular formula is C14H16BrN3S. The molecule has 2 aromatic rings. The Hall–Kier alpha value is -0.910. The number of thioether (sulfide) groups is 1. The summed E-state index contributed by atoms with van der Waals surface area (Å²) in [4.78, 5) is 10.3. The first-order valence-electron chi connectivity index (χ1n) is 6.04. The van der Waals surface area contributed by atoms with Crippen LogP contribution in [-0.2, 0) is 12.3 Å². The average molecular weight is 338 g/mol. The number of benzene rings is 1. The van der Waals surface area contributed by atoms with Gasteiger partial charge in [-0.05, 0) is 44.3 Å². The van der Waals surface area contributed by atoms with Gasteiger partial charge in [0.15, 0.2) is 0 Å². The van der Waals surface area contributed by atoms with Gasteiger partial charge in [0.1, 0.15) is 5.82 Å². The van der Waals surface area contributed by atoms with Crippen molar-refractivity contribution in [3.8, 4) is 0 Å².